The summed E-state index contributed by atoms with van der Waals surface area (Å²) in [5.74, 6) is 2.78. The SMILES string of the molecule is CC1CC(C)C(C)N(c2ncnc(N)c2Br)C1. The van der Waals surface area contributed by atoms with Gasteiger partial charge in [-0.2, -0.15) is 0 Å². The first-order valence-electron chi connectivity index (χ1n) is 6.03. The van der Waals surface area contributed by atoms with E-state index in [4.69, 9.17) is 5.73 Å². The minimum Gasteiger partial charge on any atom is -0.383 e. The molecule has 1 aromatic heterocycles. The van der Waals surface area contributed by atoms with Crippen LogP contribution in [-0.2, 0) is 0 Å². The Morgan fingerprint density at radius 3 is 2.76 bits per heavy atom. The molecule has 2 heterocycles. The van der Waals surface area contributed by atoms with Crippen LogP contribution < -0.4 is 10.6 Å². The number of halogens is 1. The molecule has 5 heteroatoms. The molecule has 3 unspecified atom stereocenters. The van der Waals surface area contributed by atoms with Crippen molar-refractivity contribution in [3.8, 4) is 0 Å². The van der Waals surface area contributed by atoms with Crippen molar-refractivity contribution in [2.75, 3.05) is 17.2 Å². The van der Waals surface area contributed by atoms with Gasteiger partial charge in [0.2, 0.25) is 0 Å². The summed E-state index contributed by atoms with van der Waals surface area (Å²) in [7, 11) is 0. The molecule has 0 amide bonds. The summed E-state index contributed by atoms with van der Waals surface area (Å²) in [5.41, 5.74) is 5.82. The lowest BCUT2D eigenvalue weighted by Gasteiger charge is -2.42. The van der Waals surface area contributed by atoms with Gasteiger partial charge in [-0.05, 0) is 41.1 Å². The molecular formula is C12H19BrN4. The number of nitrogens with zero attached hydrogens (tertiary/aromatic N) is 3. The van der Waals surface area contributed by atoms with Crippen LogP contribution in [0.1, 0.15) is 27.2 Å². The van der Waals surface area contributed by atoms with Gasteiger partial charge in [0.25, 0.3) is 0 Å². The standard InChI is InChI=1S/C12H19BrN4/c1-7-4-8(2)9(3)17(5-7)12-10(13)11(14)15-6-16-12/h6-9H,4-5H2,1-3H3,(H2,14,15,16). The summed E-state index contributed by atoms with van der Waals surface area (Å²) in [5, 5.41) is 0. The van der Waals surface area contributed by atoms with Crippen molar-refractivity contribution in [3.05, 3.63) is 10.8 Å². The van der Waals surface area contributed by atoms with Crippen LogP contribution in [0.3, 0.4) is 0 Å². The Hall–Kier alpha value is -0.840. The summed E-state index contributed by atoms with van der Waals surface area (Å²) in [6.45, 7) is 7.86. The monoisotopic (exact) mass is 298 g/mol. The second-order valence-electron chi connectivity index (χ2n) is 5.11. The smallest absolute Gasteiger partial charge is 0.148 e. The zero-order chi connectivity index (χ0) is 12.6. The van der Waals surface area contributed by atoms with E-state index in [1.807, 2.05) is 0 Å². The number of aromatic nitrogens is 2. The van der Waals surface area contributed by atoms with Gasteiger partial charge in [0.05, 0.1) is 0 Å². The van der Waals surface area contributed by atoms with Gasteiger partial charge in [-0.15, -0.1) is 0 Å². The first-order chi connectivity index (χ1) is 8.00. The maximum Gasteiger partial charge on any atom is 0.148 e. The number of anilines is 2. The molecule has 1 aliphatic rings. The Bertz CT molecular complexity index is 409. The van der Waals surface area contributed by atoms with Crippen LogP contribution in [-0.4, -0.2) is 22.6 Å². The zero-order valence-corrected chi connectivity index (χ0v) is 12.1. The lowest BCUT2D eigenvalue weighted by molar-refractivity contribution is 0.295. The predicted octanol–water partition coefficient (Wildman–Crippen LogP) is 2.69. The minimum atomic E-state index is 0.483. The van der Waals surface area contributed by atoms with Crippen molar-refractivity contribution in [3.63, 3.8) is 0 Å². The van der Waals surface area contributed by atoms with E-state index in [0.717, 1.165) is 16.8 Å². The van der Waals surface area contributed by atoms with Crippen LogP contribution in [0.5, 0.6) is 0 Å². The number of hydrogen-bond acceptors (Lipinski definition) is 4. The number of rotatable bonds is 1. The van der Waals surface area contributed by atoms with Crippen LogP contribution in [0.15, 0.2) is 10.8 Å². The van der Waals surface area contributed by atoms with E-state index in [1.54, 1.807) is 0 Å². The number of hydrogen-bond donors (Lipinski definition) is 1. The van der Waals surface area contributed by atoms with Crippen molar-refractivity contribution in [1.29, 1.82) is 0 Å². The highest BCUT2D eigenvalue weighted by molar-refractivity contribution is 9.10. The molecule has 1 aliphatic heterocycles. The Labute approximate surface area is 111 Å². The van der Waals surface area contributed by atoms with Crippen LogP contribution in [0.4, 0.5) is 11.6 Å². The molecule has 1 fully saturated rings. The van der Waals surface area contributed by atoms with Gasteiger partial charge < -0.3 is 10.6 Å². The quantitative estimate of drug-likeness (QED) is 0.866. The van der Waals surface area contributed by atoms with Crippen molar-refractivity contribution in [2.45, 2.75) is 33.2 Å². The maximum absolute atomic E-state index is 5.82. The molecule has 94 valence electrons. The van der Waals surface area contributed by atoms with Gasteiger partial charge in [-0.25, -0.2) is 9.97 Å². The second-order valence-corrected chi connectivity index (χ2v) is 5.90. The van der Waals surface area contributed by atoms with E-state index in [9.17, 15) is 0 Å². The molecule has 0 aliphatic carbocycles. The third-order valence-electron chi connectivity index (χ3n) is 3.67. The number of nitrogen functional groups attached to an aromatic ring is 1. The van der Waals surface area contributed by atoms with E-state index < -0.39 is 0 Å². The fourth-order valence-electron chi connectivity index (χ4n) is 2.57. The summed E-state index contributed by atoms with van der Waals surface area (Å²) in [4.78, 5) is 10.7. The molecule has 2 rings (SSSR count). The first-order valence-corrected chi connectivity index (χ1v) is 6.82. The summed E-state index contributed by atoms with van der Waals surface area (Å²) in [6, 6.07) is 0.483. The van der Waals surface area contributed by atoms with Crippen molar-refractivity contribution >= 4 is 27.6 Å². The van der Waals surface area contributed by atoms with Gasteiger partial charge in [0.1, 0.15) is 22.4 Å². The lowest BCUT2D eigenvalue weighted by Crippen LogP contribution is -2.46. The molecule has 0 radical (unpaired) electrons. The molecular weight excluding hydrogens is 280 g/mol. The van der Waals surface area contributed by atoms with E-state index >= 15 is 0 Å². The highest BCUT2D eigenvalue weighted by Gasteiger charge is 2.30. The van der Waals surface area contributed by atoms with Gasteiger partial charge >= 0.3 is 0 Å². The van der Waals surface area contributed by atoms with Gasteiger partial charge in [-0.3, -0.25) is 0 Å². The van der Waals surface area contributed by atoms with Gasteiger partial charge in [-0.1, -0.05) is 13.8 Å². The maximum atomic E-state index is 5.82. The van der Waals surface area contributed by atoms with E-state index in [1.165, 1.54) is 12.7 Å². The fraction of sp³-hybridized carbons (Fsp3) is 0.667. The van der Waals surface area contributed by atoms with E-state index in [2.05, 4.69) is 51.6 Å². The van der Waals surface area contributed by atoms with Gasteiger partial charge in [0.15, 0.2) is 0 Å². The first kappa shape index (κ1) is 12.6. The summed E-state index contributed by atoms with van der Waals surface area (Å²) >= 11 is 3.49. The molecule has 3 atom stereocenters. The zero-order valence-electron chi connectivity index (χ0n) is 10.5. The predicted molar refractivity (Wildman–Crippen MR) is 73.9 cm³/mol. The van der Waals surface area contributed by atoms with Crippen LogP contribution in [0, 0.1) is 11.8 Å². The topological polar surface area (TPSA) is 55.0 Å². The van der Waals surface area contributed by atoms with E-state index in [0.29, 0.717) is 23.7 Å². The third kappa shape index (κ3) is 2.39. The second kappa shape index (κ2) is 4.80. The summed E-state index contributed by atoms with van der Waals surface area (Å²) in [6.07, 6.45) is 2.81. The Kier molecular flexibility index (Phi) is 3.56. The largest absolute Gasteiger partial charge is 0.383 e. The number of nitrogens with two attached hydrogens (primary N) is 1. The highest BCUT2D eigenvalue weighted by Crippen LogP contribution is 2.35. The average Bonchev–Trinajstić information content (AvgIpc) is 2.27. The van der Waals surface area contributed by atoms with Crippen molar-refractivity contribution in [2.24, 2.45) is 11.8 Å². The van der Waals surface area contributed by atoms with Crippen LogP contribution in [0.25, 0.3) is 0 Å². The van der Waals surface area contributed by atoms with E-state index in [-0.39, 0.29) is 0 Å². The molecule has 17 heavy (non-hydrogen) atoms. The lowest BCUT2D eigenvalue weighted by atomic mass is 9.86. The minimum absolute atomic E-state index is 0.483. The Balaban J connectivity index is 2.34. The third-order valence-corrected chi connectivity index (χ3v) is 4.43. The Morgan fingerprint density at radius 2 is 2.06 bits per heavy atom. The van der Waals surface area contributed by atoms with Crippen LogP contribution >= 0.6 is 15.9 Å². The molecule has 2 N–H and O–H groups in total. The highest BCUT2D eigenvalue weighted by atomic mass is 79.9. The Morgan fingerprint density at radius 1 is 1.35 bits per heavy atom. The fourth-order valence-corrected chi connectivity index (χ4v) is 3.00. The van der Waals surface area contributed by atoms with Crippen molar-refractivity contribution < 1.29 is 0 Å². The molecule has 1 saturated heterocycles. The molecule has 4 nitrogen and oxygen atoms in total. The summed E-state index contributed by atoms with van der Waals surface area (Å²) < 4.78 is 0.813. The molecule has 0 bridgehead atoms. The molecule has 0 aromatic carbocycles. The molecule has 1 aromatic rings. The normalized spacial score (nSPS) is 29.4. The average molecular weight is 299 g/mol. The number of piperidine rings is 1. The van der Waals surface area contributed by atoms with Gasteiger partial charge in [0, 0.05) is 12.6 Å². The molecule has 0 saturated carbocycles. The van der Waals surface area contributed by atoms with Crippen LogP contribution in [0.2, 0.25) is 0 Å². The molecule has 0 spiro atoms. The van der Waals surface area contributed by atoms with Crippen molar-refractivity contribution in [1.82, 2.24) is 9.97 Å².